The Hall–Kier alpha value is -1.04. The second-order valence-electron chi connectivity index (χ2n) is 4.60. The van der Waals surface area contributed by atoms with Gasteiger partial charge in [-0.15, -0.1) is 6.58 Å². The van der Waals surface area contributed by atoms with Gasteiger partial charge in [0, 0.05) is 5.92 Å². The van der Waals surface area contributed by atoms with Gasteiger partial charge in [0.2, 0.25) is 0 Å². The normalized spacial score (nSPS) is 39.5. The molecule has 1 fully saturated rings. The summed E-state index contributed by atoms with van der Waals surface area (Å²) in [5.41, 5.74) is 3.62. The molecule has 0 spiro atoms. The van der Waals surface area contributed by atoms with E-state index in [9.17, 15) is 0 Å². The summed E-state index contributed by atoms with van der Waals surface area (Å²) in [6.07, 6.45) is 3.49. The zero-order chi connectivity index (χ0) is 9.05. The van der Waals surface area contributed by atoms with E-state index in [-0.39, 0.29) is 0 Å². The number of hydrogen-bond donors (Lipinski definition) is 0. The van der Waals surface area contributed by atoms with Gasteiger partial charge in [-0.2, -0.15) is 0 Å². The summed E-state index contributed by atoms with van der Waals surface area (Å²) < 4.78 is 0. The predicted molar refractivity (Wildman–Crippen MR) is 54.8 cm³/mol. The molecule has 3 rings (SSSR count). The summed E-state index contributed by atoms with van der Waals surface area (Å²) in [5, 5.41) is 0. The maximum absolute atomic E-state index is 3.96. The molecule has 1 aromatic carbocycles. The third-order valence-electron chi connectivity index (χ3n) is 3.93. The second kappa shape index (κ2) is 2.06. The van der Waals surface area contributed by atoms with Crippen molar-refractivity contribution in [2.24, 2.45) is 5.41 Å². The van der Waals surface area contributed by atoms with Gasteiger partial charge in [0.05, 0.1) is 0 Å². The van der Waals surface area contributed by atoms with E-state index in [4.69, 9.17) is 0 Å². The van der Waals surface area contributed by atoms with Crippen molar-refractivity contribution in [3.05, 3.63) is 48.0 Å². The predicted octanol–water partition coefficient (Wildman–Crippen LogP) is 3.46. The average Bonchev–Trinajstić information content (AvgIpc) is 2.75. The molecule has 0 heteroatoms. The molecule has 0 N–H and O–H groups in total. The van der Waals surface area contributed by atoms with Gasteiger partial charge >= 0.3 is 0 Å². The molecule has 0 saturated heterocycles. The zero-order valence-corrected chi connectivity index (χ0v) is 7.96. The van der Waals surface area contributed by atoms with E-state index >= 15 is 0 Å². The van der Waals surface area contributed by atoms with Crippen LogP contribution in [-0.2, 0) is 0 Å². The van der Waals surface area contributed by atoms with Crippen molar-refractivity contribution in [2.75, 3.05) is 0 Å². The molecule has 13 heavy (non-hydrogen) atoms. The number of hydrogen-bond acceptors (Lipinski definition) is 0. The lowest BCUT2D eigenvalue weighted by molar-refractivity contribution is 0.520. The van der Waals surface area contributed by atoms with Crippen LogP contribution >= 0.6 is 0 Å². The fourth-order valence-electron chi connectivity index (χ4n) is 3.05. The molecular weight excluding hydrogens is 156 g/mol. The topological polar surface area (TPSA) is 0 Å². The summed E-state index contributed by atoms with van der Waals surface area (Å²) >= 11 is 0. The van der Waals surface area contributed by atoms with Gasteiger partial charge in [-0.05, 0) is 28.9 Å². The summed E-state index contributed by atoms with van der Waals surface area (Å²) in [4.78, 5) is 0. The Labute approximate surface area is 79.3 Å². The van der Waals surface area contributed by atoms with Gasteiger partial charge in [-0.1, -0.05) is 37.3 Å². The lowest BCUT2D eigenvalue weighted by Gasteiger charge is -2.15. The summed E-state index contributed by atoms with van der Waals surface area (Å²) in [7, 11) is 0. The smallest absolute Gasteiger partial charge is 0.00781 e. The molecule has 0 heterocycles. The van der Waals surface area contributed by atoms with Crippen molar-refractivity contribution in [3.8, 4) is 0 Å². The minimum absolute atomic E-state index is 0.519. The third-order valence-corrected chi connectivity index (χ3v) is 3.93. The van der Waals surface area contributed by atoms with Crippen LogP contribution in [0.2, 0.25) is 0 Å². The van der Waals surface area contributed by atoms with Crippen molar-refractivity contribution in [1.29, 1.82) is 0 Å². The van der Waals surface area contributed by atoms with Crippen LogP contribution in [0.4, 0.5) is 0 Å². The van der Waals surface area contributed by atoms with Crippen molar-refractivity contribution in [2.45, 2.75) is 25.2 Å². The van der Waals surface area contributed by atoms with Crippen LogP contribution in [0.25, 0.3) is 0 Å². The van der Waals surface area contributed by atoms with Gasteiger partial charge in [0.25, 0.3) is 0 Å². The van der Waals surface area contributed by atoms with E-state index in [1.54, 1.807) is 5.56 Å². The molecule has 66 valence electrons. The van der Waals surface area contributed by atoms with Gasteiger partial charge in [0.15, 0.2) is 0 Å². The van der Waals surface area contributed by atoms with E-state index in [1.807, 2.05) is 0 Å². The first-order valence-corrected chi connectivity index (χ1v) is 4.99. The third kappa shape index (κ3) is 0.720. The standard InChI is InChI=1S/C13H14/c1-3-11-9-6-4-5-7-10(9)12-8-13(11,12)2/h3-7,11-12H,1,8H2,2H3/t11-,12?,13?/m0/s1. The van der Waals surface area contributed by atoms with Crippen LogP contribution in [0, 0.1) is 5.41 Å². The van der Waals surface area contributed by atoms with Gasteiger partial charge in [-0.3, -0.25) is 0 Å². The Morgan fingerprint density at radius 3 is 2.77 bits per heavy atom. The minimum atomic E-state index is 0.519. The lowest BCUT2D eigenvalue weighted by Crippen LogP contribution is -2.03. The Morgan fingerprint density at radius 1 is 1.38 bits per heavy atom. The molecule has 1 saturated carbocycles. The van der Waals surface area contributed by atoms with Crippen molar-refractivity contribution in [3.63, 3.8) is 0 Å². The molecule has 0 bridgehead atoms. The molecule has 0 radical (unpaired) electrons. The minimum Gasteiger partial charge on any atom is -0.102 e. The molecule has 0 aromatic heterocycles. The van der Waals surface area contributed by atoms with Crippen molar-refractivity contribution >= 4 is 0 Å². The van der Waals surface area contributed by atoms with Crippen molar-refractivity contribution in [1.82, 2.24) is 0 Å². The van der Waals surface area contributed by atoms with E-state index < -0.39 is 0 Å². The molecule has 0 nitrogen and oxygen atoms in total. The first-order chi connectivity index (χ1) is 6.27. The highest BCUT2D eigenvalue weighted by Crippen LogP contribution is 2.72. The van der Waals surface area contributed by atoms with E-state index in [0.29, 0.717) is 11.3 Å². The summed E-state index contributed by atoms with van der Waals surface area (Å²) in [6, 6.07) is 8.85. The first kappa shape index (κ1) is 7.37. The average molecular weight is 170 g/mol. The SMILES string of the molecule is C=C[C@H]1c2ccccc2C2CC21C. The molecule has 3 atom stereocenters. The maximum Gasteiger partial charge on any atom is 0.00781 e. The molecule has 1 aromatic rings. The Balaban J connectivity index is 2.21. The van der Waals surface area contributed by atoms with Crippen LogP contribution in [0.3, 0.4) is 0 Å². The monoisotopic (exact) mass is 170 g/mol. The fourth-order valence-corrected chi connectivity index (χ4v) is 3.05. The molecule has 0 aliphatic heterocycles. The largest absolute Gasteiger partial charge is 0.102 e. The van der Waals surface area contributed by atoms with Crippen LogP contribution in [0.5, 0.6) is 0 Å². The van der Waals surface area contributed by atoms with E-state index in [0.717, 1.165) is 5.92 Å². The van der Waals surface area contributed by atoms with Crippen LogP contribution in [-0.4, -0.2) is 0 Å². The molecule has 2 aliphatic rings. The zero-order valence-electron chi connectivity index (χ0n) is 7.96. The number of benzene rings is 1. The lowest BCUT2D eigenvalue weighted by atomic mass is 9.88. The van der Waals surface area contributed by atoms with Crippen LogP contribution in [0.1, 0.15) is 36.3 Å². The second-order valence-corrected chi connectivity index (χ2v) is 4.60. The van der Waals surface area contributed by atoms with Crippen LogP contribution < -0.4 is 0 Å². The van der Waals surface area contributed by atoms with Gasteiger partial charge in [0.1, 0.15) is 0 Å². The quantitative estimate of drug-likeness (QED) is 0.566. The van der Waals surface area contributed by atoms with E-state index in [1.165, 1.54) is 12.0 Å². The highest BCUT2D eigenvalue weighted by Gasteiger charge is 2.60. The molecular formula is C13H14. The molecule has 2 aliphatic carbocycles. The van der Waals surface area contributed by atoms with Crippen molar-refractivity contribution < 1.29 is 0 Å². The Bertz CT molecular complexity index is 377. The fraction of sp³-hybridized carbons (Fsp3) is 0.385. The van der Waals surface area contributed by atoms with Gasteiger partial charge in [-0.25, -0.2) is 0 Å². The maximum atomic E-state index is 3.96. The summed E-state index contributed by atoms with van der Waals surface area (Å²) in [6.45, 7) is 6.36. The highest BCUT2D eigenvalue weighted by atomic mass is 14.6. The first-order valence-electron chi connectivity index (χ1n) is 4.99. The number of rotatable bonds is 1. The highest BCUT2D eigenvalue weighted by molar-refractivity contribution is 5.50. The van der Waals surface area contributed by atoms with Gasteiger partial charge < -0.3 is 0 Å². The van der Waals surface area contributed by atoms with E-state index in [2.05, 4.69) is 43.8 Å². The molecule has 0 amide bonds. The summed E-state index contributed by atoms with van der Waals surface area (Å²) in [5.74, 6) is 1.43. The Kier molecular flexibility index (Phi) is 1.17. The Morgan fingerprint density at radius 2 is 2.08 bits per heavy atom. The number of allylic oxidation sites excluding steroid dienone is 1. The van der Waals surface area contributed by atoms with Crippen LogP contribution in [0.15, 0.2) is 36.9 Å². The number of fused-ring (bicyclic) bond motifs is 3. The molecule has 2 unspecified atom stereocenters.